The van der Waals surface area contributed by atoms with Gasteiger partial charge in [0.1, 0.15) is 0 Å². The molecule has 1 fully saturated rings. The Labute approximate surface area is 97.2 Å². The van der Waals surface area contributed by atoms with Gasteiger partial charge >= 0.3 is 0 Å². The van der Waals surface area contributed by atoms with Gasteiger partial charge in [0.25, 0.3) is 5.24 Å². The first-order valence-electron chi connectivity index (χ1n) is 5.62. The number of rotatable bonds is 1. The monoisotopic (exact) mass is 230 g/mol. The Bertz CT molecular complexity index is 217. The van der Waals surface area contributed by atoms with E-state index in [2.05, 4.69) is 25.7 Å². The molecule has 15 heavy (non-hydrogen) atoms. The van der Waals surface area contributed by atoms with Crippen LogP contribution in [0.1, 0.15) is 27.7 Å². The predicted octanol–water partition coefficient (Wildman–Crippen LogP) is 2.28. The van der Waals surface area contributed by atoms with Crippen molar-refractivity contribution in [3.05, 3.63) is 0 Å². The third-order valence-electron chi connectivity index (χ3n) is 2.75. The maximum Gasteiger partial charge on any atom is 0.281 e. The standard InChI is InChI=1S/C11H22N2OS/c1-5-15-10(14)12-6-8-13(9-7-12)11(2,3)4/h5-9H2,1-4H3. The zero-order valence-corrected chi connectivity index (χ0v) is 11.1. The van der Waals surface area contributed by atoms with Crippen LogP contribution < -0.4 is 0 Å². The highest BCUT2D eigenvalue weighted by atomic mass is 32.2. The van der Waals surface area contributed by atoms with E-state index in [0.717, 1.165) is 31.9 Å². The van der Waals surface area contributed by atoms with Crippen LogP contribution in [0, 0.1) is 0 Å². The van der Waals surface area contributed by atoms with Crippen molar-refractivity contribution in [1.82, 2.24) is 9.80 Å². The molecule has 0 spiro atoms. The lowest BCUT2D eigenvalue weighted by Crippen LogP contribution is -2.54. The molecule has 1 amide bonds. The van der Waals surface area contributed by atoms with Crippen molar-refractivity contribution >= 4 is 17.0 Å². The Morgan fingerprint density at radius 1 is 1.20 bits per heavy atom. The van der Waals surface area contributed by atoms with E-state index in [0.29, 0.717) is 0 Å². The molecule has 1 heterocycles. The van der Waals surface area contributed by atoms with Gasteiger partial charge in [-0.3, -0.25) is 9.69 Å². The second kappa shape index (κ2) is 5.21. The first-order valence-corrected chi connectivity index (χ1v) is 6.60. The van der Waals surface area contributed by atoms with Crippen molar-refractivity contribution < 1.29 is 4.79 Å². The second-order valence-electron chi connectivity index (χ2n) is 4.84. The lowest BCUT2D eigenvalue weighted by molar-refractivity contribution is 0.0801. The minimum Gasteiger partial charge on any atom is -0.331 e. The number of hydrogen-bond acceptors (Lipinski definition) is 3. The van der Waals surface area contributed by atoms with Crippen molar-refractivity contribution in [3.63, 3.8) is 0 Å². The summed E-state index contributed by atoms with van der Waals surface area (Å²) in [6.07, 6.45) is 0. The van der Waals surface area contributed by atoms with Crippen molar-refractivity contribution in [3.8, 4) is 0 Å². The van der Waals surface area contributed by atoms with E-state index in [1.807, 2.05) is 11.8 Å². The Morgan fingerprint density at radius 2 is 1.73 bits per heavy atom. The van der Waals surface area contributed by atoms with Crippen LogP contribution in [-0.4, -0.2) is 52.5 Å². The maximum atomic E-state index is 11.6. The van der Waals surface area contributed by atoms with Crippen LogP contribution in [0.5, 0.6) is 0 Å². The summed E-state index contributed by atoms with van der Waals surface area (Å²) in [5.41, 5.74) is 0.229. The molecular weight excluding hydrogens is 208 g/mol. The van der Waals surface area contributed by atoms with Gasteiger partial charge in [-0.05, 0) is 26.5 Å². The number of carbonyl (C=O) groups is 1. The van der Waals surface area contributed by atoms with Gasteiger partial charge in [-0.2, -0.15) is 0 Å². The average molecular weight is 230 g/mol. The fourth-order valence-corrected chi connectivity index (χ4v) is 2.39. The van der Waals surface area contributed by atoms with Crippen LogP contribution in [-0.2, 0) is 0 Å². The summed E-state index contributed by atoms with van der Waals surface area (Å²) in [6.45, 7) is 12.5. The van der Waals surface area contributed by atoms with Crippen molar-refractivity contribution in [2.24, 2.45) is 0 Å². The van der Waals surface area contributed by atoms with Gasteiger partial charge in [-0.15, -0.1) is 0 Å². The summed E-state index contributed by atoms with van der Waals surface area (Å²) >= 11 is 1.42. The van der Waals surface area contributed by atoms with Crippen molar-refractivity contribution in [1.29, 1.82) is 0 Å². The summed E-state index contributed by atoms with van der Waals surface area (Å²) < 4.78 is 0. The van der Waals surface area contributed by atoms with Crippen molar-refractivity contribution in [2.75, 3.05) is 31.9 Å². The van der Waals surface area contributed by atoms with Crippen LogP contribution in [0.2, 0.25) is 0 Å². The molecule has 1 aliphatic rings. The fourth-order valence-electron chi connectivity index (χ4n) is 1.77. The van der Waals surface area contributed by atoms with E-state index in [9.17, 15) is 4.79 Å². The molecule has 0 N–H and O–H groups in total. The minimum absolute atomic E-state index is 0.229. The van der Waals surface area contributed by atoms with Crippen LogP contribution in [0.25, 0.3) is 0 Å². The van der Waals surface area contributed by atoms with Crippen molar-refractivity contribution in [2.45, 2.75) is 33.2 Å². The molecule has 0 radical (unpaired) electrons. The number of hydrogen-bond donors (Lipinski definition) is 0. The molecule has 0 bridgehead atoms. The summed E-state index contributed by atoms with van der Waals surface area (Å²) in [7, 11) is 0. The van der Waals surface area contributed by atoms with Crippen LogP contribution in [0.15, 0.2) is 0 Å². The molecule has 0 unspecified atom stereocenters. The molecule has 0 aliphatic carbocycles. The highest BCUT2D eigenvalue weighted by Gasteiger charge is 2.27. The summed E-state index contributed by atoms with van der Waals surface area (Å²) in [5, 5.41) is 0.242. The van der Waals surface area contributed by atoms with Gasteiger partial charge in [0.15, 0.2) is 0 Å². The number of piperazine rings is 1. The molecule has 4 heteroatoms. The highest BCUT2D eigenvalue weighted by molar-refractivity contribution is 8.13. The molecule has 0 atom stereocenters. The Hall–Kier alpha value is -0.220. The zero-order valence-electron chi connectivity index (χ0n) is 10.2. The third kappa shape index (κ3) is 3.68. The molecule has 0 aromatic rings. The van der Waals surface area contributed by atoms with Gasteiger partial charge in [0.2, 0.25) is 0 Å². The largest absolute Gasteiger partial charge is 0.331 e. The first kappa shape index (κ1) is 12.8. The average Bonchev–Trinajstić information content (AvgIpc) is 2.17. The van der Waals surface area contributed by atoms with E-state index in [4.69, 9.17) is 0 Å². The van der Waals surface area contributed by atoms with Gasteiger partial charge in [0, 0.05) is 31.7 Å². The minimum atomic E-state index is 0.229. The second-order valence-corrected chi connectivity index (χ2v) is 6.06. The smallest absolute Gasteiger partial charge is 0.281 e. The summed E-state index contributed by atoms with van der Waals surface area (Å²) in [6, 6.07) is 0. The molecule has 3 nitrogen and oxygen atoms in total. The Kier molecular flexibility index (Phi) is 4.46. The number of nitrogens with zero attached hydrogens (tertiary/aromatic N) is 2. The van der Waals surface area contributed by atoms with Gasteiger partial charge in [0.05, 0.1) is 0 Å². The SMILES string of the molecule is CCSC(=O)N1CCN(C(C)(C)C)CC1. The lowest BCUT2D eigenvalue weighted by Gasteiger charge is -2.42. The summed E-state index contributed by atoms with van der Waals surface area (Å²) in [4.78, 5) is 16.0. The quantitative estimate of drug-likeness (QED) is 0.690. The number of amides is 1. The maximum absolute atomic E-state index is 11.6. The topological polar surface area (TPSA) is 23.6 Å². The van der Waals surface area contributed by atoms with Gasteiger partial charge in [-0.25, -0.2) is 0 Å². The van der Waals surface area contributed by atoms with Gasteiger partial charge in [-0.1, -0.05) is 18.7 Å². The van der Waals surface area contributed by atoms with Gasteiger partial charge < -0.3 is 4.90 Å². The van der Waals surface area contributed by atoms with E-state index in [1.165, 1.54) is 11.8 Å². The lowest BCUT2D eigenvalue weighted by atomic mass is 10.1. The van der Waals surface area contributed by atoms with E-state index in [1.54, 1.807) is 0 Å². The Balaban J connectivity index is 2.39. The molecule has 88 valence electrons. The fraction of sp³-hybridized carbons (Fsp3) is 0.909. The third-order valence-corrected chi connectivity index (χ3v) is 3.55. The number of thioether (sulfide) groups is 1. The zero-order chi connectivity index (χ0) is 11.5. The molecule has 0 aromatic heterocycles. The highest BCUT2D eigenvalue weighted by Crippen LogP contribution is 2.18. The van der Waals surface area contributed by atoms with Crippen LogP contribution in [0.4, 0.5) is 4.79 Å². The molecule has 1 saturated heterocycles. The molecular formula is C11H22N2OS. The van der Waals surface area contributed by atoms with E-state index in [-0.39, 0.29) is 10.8 Å². The van der Waals surface area contributed by atoms with E-state index >= 15 is 0 Å². The summed E-state index contributed by atoms with van der Waals surface area (Å²) in [5.74, 6) is 0.873. The van der Waals surface area contributed by atoms with Crippen LogP contribution >= 0.6 is 11.8 Å². The normalized spacial score (nSPS) is 19.3. The van der Waals surface area contributed by atoms with E-state index < -0.39 is 0 Å². The molecule has 1 aliphatic heterocycles. The number of carbonyl (C=O) groups excluding carboxylic acids is 1. The predicted molar refractivity (Wildman–Crippen MR) is 66.4 cm³/mol. The van der Waals surface area contributed by atoms with Crippen LogP contribution in [0.3, 0.4) is 0 Å². The molecule has 1 rings (SSSR count). The first-order chi connectivity index (χ1) is 6.95. The molecule has 0 saturated carbocycles. The Morgan fingerprint density at radius 3 is 2.13 bits per heavy atom. The molecule has 0 aromatic carbocycles.